The number of benzene rings is 3. The van der Waals surface area contributed by atoms with Gasteiger partial charge in [0.2, 0.25) is 0 Å². The molecule has 1 unspecified atom stereocenters. The van der Waals surface area contributed by atoms with Crippen LogP contribution in [0.4, 0.5) is 5.69 Å². The van der Waals surface area contributed by atoms with Gasteiger partial charge in [-0.3, -0.25) is 4.98 Å². The van der Waals surface area contributed by atoms with Crippen molar-refractivity contribution in [2.45, 2.75) is 32.7 Å². The van der Waals surface area contributed by atoms with Crippen molar-refractivity contribution in [2.24, 2.45) is 0 Å². The van der Waals surface area contributed by atoms with Crippen molar-refractivity contribution in [1.29, 1.82) is 0 Å². The summed E-state index contributed by atoms with van der Waals surface area (Å²) in [5.74, 6) is 0. The highest BCUT2D eigenvalue weighted by molar-refractivity contribution is 5.79. The maximum absolute atomic E-state index is 5.00. The fourth-order valence-corrected chi connectivity index (χ4v) is 4.52. The van der Waals surface area contributed by atoms with E-state index in [0.717, 1.165) is 30.6 Å². The van der Waals surface area contributed by atoms with Crippen LogP contribution in [0.2, 0.25) is 0 Å². The number of pyridine rings is 1. The van der Waals surface area contributed by atoms with E-state index in [4.69, 9.17) is 4.98 Å². The molecule has 0 aliphatic carbocycles. The Bertz CT molecular complexity index is 1160. The normalized spacial score (nSPS) is 16.1. The molecule has 1 aromatic heterocycles. The van der Waals surface area contributed by atoms with Crippen LogP contribution in [0.1, 0.15) is 34.0 Å². The van der Waals surface area contributed by atoms with Gasteiger partial charge in [0.05, 0.1) is 11.6 Å². The number of fused-ring (bicyclic) bond motifs is 2. The average molecular weight is 379 g/mol. The first-order chi connectivity index (χ1) is 14.2. The largest absolute Gasteiger partial charge is 0.364 e. The van der Waals surface area contributed by atoms with Gasteiger partial charge in [0.25, 0.3) is 0 Å². The van der Waals surface area contributed by atoms with E-state index in [-0.39, 0.29) is 0 Å². The molecule has 0 N–H and O–H groups in total. The molecule has 4 aromatic rings. The highest BCUT2D eigenvalue weighted by atomic mass is 15.2. The van der Waals surface area contributed by atoms with E-state index >= 15 is 0 Å². The van der Waals surface area contributed by atoms with Crippen molar-refractivity contribution in [3.63, 3.8) is 0 Å². The minimum absolute atomic E-state index is 0.304. The lowest BCUT2D eigenvalue weighted by molar-refractivity contribution is 0.574. The summed E-state index contributed by atoms with van der Waals surface area (Å²) in [5.41, 5.74) is 9.01. The van der Waals surface area contributed by atoms with Gasteiger partial charge >= 0.3 is 0 Å². The minimum atomic E-state index is 0.304. The molecule has 5 rings (SSSR count). The molecule has 144 valence electrons. The lowest BCUT2D eigenvalue weighted by Crippen LogP contribution is -2.36. The summed E-state index contributed by atoms with van der Waals surface area (Å²) < 4.78 is 0. The molecule has 1 aliphatic rings. The van der Waals surface area contributed by atoms with Crippen molar-refractivity contribution in [3.05, 3.63) is 107 Å². The van der Waals surface area contributed by atoms with Crippen molar-refractivity contribution < 1.29 is 0 Å². The average Bonchev–Trinajstić information content (AvgIpc) is 2.75. The molecule has 0 radical (unpaired) electrons. The molecule has 0 spiro atoms. The predicted molar refractivity (Wildman–Crippen MR) is 122 cm³/mol. The fourth-order valence-electron chi connectivity index (χ4n) is 4.52. The minimum Gasteiger partial charge on any atom is -0.364 e. The summed E-state index contributed by atoms with van der Waals surface area (Å²) in [7, 11) is 0. The van der Waals surface area contributed by atoms with E-state index in [0.29, 0.717) is 6.04 Å². The number of hydrogen-bond donors (Lipinski definition) is 0. The van der Waals surface area contributed by atoms with E-state index in [1.54, 1.807) is 0 Å². The van der Waals surface area contributed by atoms with Crippen molar-refractivity contribution >= 4 is 16.6 Å². The van der Waals surface area contributed by atoms with E-state index in [2.05, 4.69) is 97.6 Å². The summed E-state index contributed by atoms with van der Waals surface area (Å²) in [5, 5.41) is 1.22. The van der Waals surface area contributed by atoms with Crippen LogP contribution in [0.3, 0.4) is 0 Å². The summed E-state index contributed by atoms with van der Waals surface area (Å²) in [6, 6.07) is 29.1. The molecule has 2 heteroatoms. The quantitative estimate of drug-likeness (QED) is 0.422. The molecule has 0 amide bonds. The Hall–Kier alpha value is -3.13. The van der Waals surface area contributed by atoms with Crippen LogP contribution < -0.4 is 4.90 Å². The van der Waals surface area contributed by atoms with Gasteiger partial charge in [0.15, 0.2) is 0 Å². The molecule has 2 nitrogen and oxygen atoms in total. The number of aromatic nitrogens is 1. The number of aryl methyl sites for hydroxylation is 2. The van der Waals surface area contributed by atoms with Crippen molar-refractivity contribution in [2.75, 3.05) is 11.4 Å². The maximum Gasteiger partial charge on any atom is 0.0705 e. The molecule has 2 heterocycles. The van der Waals surface area contributed by atoms with Gasteiger partial charge in [-0.15, -0.1) is 0 Å². The first-order valence-electron chi connectivity index (χ1n) is 10.4. The Morgan fingerprint density at radius 2 is 1.66 bits per heavy atom. The number of anilines is 1. The van der Waals surface area contributed by atoms with Crippen LogP contribution in [-0.2, 0) is 12.8 Å². The van der Waals surface area contributed by atoms with E-state index < -0.39 is 0 Å². The number of nitrogens with zero attached hydrogens (tertiary/aromatic N) is 2. The molecular weight excluding hydrogens is 352 g/mol. The molecule has 29 heavy (non-hydrogen) atoms. The monoisotopic (exact) mass is 378 g/mol. The van der Waals surface area contributed by atoms with Crippen LogP contribution in [0.15, 0.2) is 78.9 Å². The van der Waals surface area contributed by atoms with Crippen molar-refractivity contribution in [3.8, 4) is 0 Å². The Morgan fingerprint density at radius 3 is 2.52 bits per heavy atom. The van der Waals surface area contributed by atoms with Crippen molar-refractivity contribution in [1.82, 2.24) is 4.98 Å². The Kier molecular flexibility index (Phi) is 4.55. The lowest BCUT2D eigenvalue weighted by atomic mass is 9.89. The highest BCUT2D eigenvalue weighted by Crippen LogP contribution is 2.36. The SMILES string of the molecule is Cc1ccc(N2CCc3ccccc3C2Cc2ccc3cc(C)ccc3n2)cc1. The summed E-state index contributed by atoms with van der Waals surface area (Å²) in [4.78, 5) is 7.56. The molecular formula is C27H26N2. The van der Waals surface area contributed by atoms with Gasteiger partial charge in [0.1, 0.15) is 0 Å². The van der Waals surface area contributed by atoms with Gasteiger partial charge in [-0.25, -0.2) is 0 Å². The van der Waals surface area contributed by atoms with Crippen LogP contribution >= 0.6 is 0 Å². The molecule has 0 bridgehead atoms. The van der Waals surface area contributed by atoms with Crippen LogP contribution in [-0.4, -0.2) is 11.5 Å². The lowest BCUT2D eigenvalue weighted by Gasteiger charge is -2.39. The topological polar surface area (TPSA) is 16.1 Å². The standard InChI is InChI=1S/C27H26N2/c1-19-7-12-24(13-8-19)29-16-15-21-5-3-4-6-25(21)27(29)18-23-11-10-22-17-20(2)9-14-26(22)28-23/h3-14,17,27H,15-16,18H2,1-2H3. The van der Waals surface area contributed by atoms with E-state index in [1.165, 1.54) is 33.3 Å². The molecule has 0 fully saturated rings. The third-order valence-electron chi connectivity index (χ3n) is 6.08. The summed E-state index contributed by atoms with van der Waals surface area (Å²) in [6.45, 7) is 5.32. The molecule has 3 aromatic carbocycles. The van der Waals surface area contributed by atoms with Gasteiger partial charge in [-0.1, -0.05) is 59.7 Å². The second kappa shape index (κ2) is 7.36. The Labute approximate surface area is 172 Å². The second-order valence-electron chi connectivity index (χ2n) is 8.20. The van der Waals surface area contributed by atoms with E-state index in [1.807, 2.05) is 0 Å². The predicted octanol–water partition coefficient (Wildman–Crippen LogP) is 6.20. The molecule has 1 atom stereocenters. The number of rotatable bonds is 3. The van der Waals surface area contributed by atoms with Gasteiger partial charge < -0.3 is 4.90 Å². The van der Waals surface area contributed by atoms with Gasteiger partial charge in [-0.2, -0.15) is 0 Å². The summed E-state index contributed by atoms with van der Waals surface area (Å²) in [6.07, 6.45) is 2.00. The molecule has 1 aliphatic heterocycles. The Morgan fingerprint density at radius 1 is 0.862 bits per heavy atom. The Balaban J connectivity index is 1.55. The smallest absolute Gasteiger partial charge is 0.0705 e. The van der Waals surface area contributed by atoms with E-state index in [9.17, 15) is 0 Å². The third kappa shape index (κ3) is 3.51. The van der Waals surface area contributed by atoms with Gasteiger partial charge in [0, 0.05) is 29.7 Å². The molecule has 0 saturated heterocycles. The zero-order chi connectivity index (χ0) is 19.8. The van der Waals surface area contributed by atoms with Crippen LogP contribution in [0, 0.1) is 13.8 Å². The zero-order valence-electron chi connectivity index (χ0n) is 17.1. The highest BCUT2D eigenvalue weighted by Gasteiger charge is 2.28. The second-order valence-corrected chi connectivity index (χ2v) is 8.20. The zero-order valence-corrected chi connectivity index (χ0v) is 17.1. The first kappa shape index (κ1) is 17.9. The van der Waals surface area contributed by atoms with Gasteiger partial charge in [-0.05, 0) is 61.7 Å². The molecule has 0 saturated carbocycles. The van der Waals surface area contributed by atoms with Crippen LogP contribution in [0.5, 0.6) is 0 Å². The summed E-state index contributed by atoms with van der Waals surface area (Å²) >= 11 is 0. The number of hydrogen-bond acceptors (Lipinski definition) is 2. The van der Waals surface area contributed by atoms with Crippen LogP contribution in [0.25, 0.3) is 10.9 Å². The maximum atomic E-state index is 5.00. The third-order valence-corrected chi connectivity index (χ3v) is 6.08. The first-order valence-corrected chi connectivity index (χ1v) is 10.4. The fraction of sp³-hybridized carbons (Fsp3) is 0.222.